The Kier molecular flexibility index (Phi) is 4.88. The van der Waals surface area contributed by atoms with Gasteiger partial charge in [0.2, 0.25) is 0 Å². The van der Waals surface area contributed by atoms with Gasteiger partial charge in [0, 0.05) is 19.3 Å². The highest BCUT2D eigenvalue weighted by Crippen LogP contribution is 2.25. The number of aryl methyl sites for hydroxylation is 1. The second-order valence-corrected chi connectivity index (χ2v) is 6.42. The van der Waals surface area contributed by atoms with Crippen molar-refractivity contribution in [1.82, 2.24) is 9.88 Å². The second kappa shape index (κ2) is 7.06. The van der Waals surface area contributed by atoms with E-state index in [9.17, 15) is 0 Å². The van der Waals surface area contributed by atoms with Crippen LogP contribution in [0.4, 0.5) is 0 Å². The maximum Gasteiger partial charge on any atom is 0.122 e. The number of hydrogen-bond acceptors (Lipinski definition) is 4. The van der Waals surface area contributed by atoms with Crippen molar-refractivity contribution in [2.45, 2.75) is 13.0 Å². The van der Waals surface area contributed by atoms with Crippen molar-refractivity contribution < 1.29 is 9.47 Å². The molecule has 0 saturated carbocycles. The number of hydrogen-bond donors (Lipinski definition) is 1. The first kappa shape index (κ1) is 15.9. The smallest absolute Gasteiger partial charge is 0.122 e. The molecule has 2 heterocycles. The lowest BCUT2D eigenvalue weighted by atomic mass is 10.1. The Morgan fingerprint density at radius 3 is 2.74 bits per heavy atom. The van der Waals surface area contributed by atoms with Crippen LogP contribution in [-0.2, 0) is 20.0 Å². The maximum absolute atomic E-state index is 5.42. The average Bonchev–Trinajstić information content (AvgIpc) is 3.15. The van der Waals surface area contributed by atoms with Crippen LogP contribution in [0, 0.1) is 0 Å². The minimum atomic E-state index is 0.864. The molecule has 0 unspecified atom stereocenters. The van der Waals surface area contributed by atoms with E-state index < -0.39 is 0 Å². The fourth-order valence-electron chi connectivity index (χ4n) is 2.79. The Morgan fingerprint density at radius 2 is 2.00 bits per heavy atom. The zero-order valence-corrected chi connectivity index (χ0v) is 14.6. The summed E-state index contributed by atoms with van der Waals surface area (Å²) in [4.78, 5) is 0. The fraction of sp³-hybridized carbons (Fsp3) is 0.333. The predicted molar refractivity (Wildman–Crippen MR) is 95.8 cm³/mol. The molecule has 5 heteroatoms. The number of fused-ring (bicyclic) bond motifs is 1. The van der Waals surface area contributed by atoms with Gasteiger partial charge in [-0.3, -0.25) is 0 Å². The summed E-state index contributed by atoms with van der Waals surface area (Å²) in [6.07, 6.45) is 0.902. The highest BCUT2D eigenvalue weighted by molar-refractivity contribution is 7.17. The monoisotopic (exact) mass is 330 g/mol. The molecule has 122 valence electrons. The van der Waals surface area contributed by atoms with E-state index in [4.69, 9.17) is 9.47 Å². The molecule has 0 saturated heterocycles. The van der Waals surface area contributed by atoms with Crippen LogP contribution in [0.3, 0.4) is 0 Å². The lowest BCUT2D eigenvalue weighted by Gasteiger charge is -2.11. The molecule has 23 heavy (non-hydrogen) atoms. The van der Waals surface area contributed by atoms with Gasteiger partial charge in [-0.25, -0.2) is 0 Å². The van der Waals surface area contributed by atoms with E-state index in [-0.39, 0.29) is 0 Å². The molecular weight excluding hydrogens is 308 g/mol. The number of nitrogens with zero attached hydrogens (tertiary/aromatic N) is 1. The van der Waals surface area contributed by atoms with Crippen LogP contribution in [0.2, 0.25) is 0 Å². The molecule has 0 aliphatic carbocycles. The molecule has 3 rings (SSSR count). The summed E-state index contributed by atoms with van der Waals surface area (Å²) in [6, 6.07) is 10.4. The molecule has 0 aliphatic heterocycles. The van der Waals surface area contributed by atoms with Gasteiger partial charge in [-0.2, -0.15) is 0 Å². The third kappa shape index (κ3) is 3.35. The third-order valence-corrected chi connectivity index (χ3v) is 4.98. The van der Waals surface area contributed by atoms with Gasteiger partial charge in [0.25, 0.3) is 0 Å². The van der Waals surface area contributed by atoms with Crippen LogP contribution in [-0.4, -0.2) is 25.3 Å². The standard InChI is InChI=1S/C18H22N2O2S/c1-20-14(11-18-16(20)7-9-23-18)12-19-8-6-13-10-15(21-2)4-5-17(13)22-3/h4-5,7,9-11,19H,6,8,12H2,1-3H3. The summed E-state index contributed by atoms with van der Waals surface area (Å²) in [5.74, 6) is 1.77. The third-order valence-electron chi connectivity index (χ3n) is 4.13. The van der Waals surface area contributed by atoms with Gasteiger partial charge in [-0.05, 0) is 54.2 Å². The van der Waals surface area contributed by atoms with E-state index in [0.717, 1.165) is 36.6 Å². The van der Waals surface area contributed by atoms with Crippen molar-refractivity contribution >= 4 is 21.6 Å². The van der Waals surface area contributed by atoms with Crippen LogP contribution in [0.15, 0.2) is 35.7 Å². The number of aromatic nitrogens is 1. The Hall–Kier alpha value is -1.98. The predicted octanol–water partition coefficient (Wildman–Crippen LogP) is 3.59. The normalized spacial score (nSPS) is 11.1. The molecule has 4 nitrogen and oxygen atoms in total. The average molecular weight is 330 g/mol. The van der Waals surface area contributed by atoms with E-state index in [2.05, 4.69) is 34.4 Å². The van der Waals surface area contributed by atoms with Gasteiger partial charge < -0.3 is 19.4 Å². The van der Waals surface area contributed by atoms with Gasteiger partial charge in [0.1, 0.15) is 11.5 Å². The Morgan fingerprint density at radius 1 is 1.13 bits per heavy atom. The van der Waals surface area contributed by atoms with Crippen molar-refractivity contribution in [2.75, 3.05) is 20.8 Å². The molecule has 0 aliphatic rings. The molecule has 0 atom stereocenters. The van der Waals surface area contributed by atoms with E-state index in [1.54, 1.807) is 25.6 Å². The van der Waals surface area contributed by atoms with Crippen molar-refractivity contribution in [3.8, 4) is 11.5 Å². The first-order chi connectivity index (χ1) is 11.2. The quantitative estimate of drug-likeness (QED) is 0.673. The van der Waals surface area contributed by atoms with Gasteiger partial charge in [-0.1, -0.05) is 0 Å². The van der Waals surface area contributed by atoms with Crippen molar-refractivity contribution in [2.24, 2.45) is 7.05 Å². The summed E-state index contributed by atoms with van der Waals surface area (Å²) in [6.45, 7) is 1.76. The van der Waals surface area contributed by atoms with Crippen molar-refractivity contribution in [3.63, 3.8) is 0 Å². The molecule has 0 spiro atoms. The maximum atomic E-state index is 5.42. The number of benzene rings is 1. The zero-order chi connectivity index (χ0) is 16.2. The summed E-state index contributed by atoms with van der Waals surface area (Å²) in [7, 11) is 5.51. The largest absolute Gasteiger partial charge is 0.497 e. The molecule has 3 aromatic rings. The molecular formula is C18H22N2O2S. The van der Waals surface area contributed by atoms with Crippen LogP contribution in [0.25, 0.3) is 10.2 Å². The zero-order valence-electron chi connectivity index (χ0n) is 13.8. The number of ether oxygens (including phenoxy) is 2. The Balaban J connectivity index is 1.59. The number of nitrogens with one attached hydrogen (secondary N) is 1. The van der Waals surface area contributed by atoms with Crippen molar-refractivity contribution in [1.29, 1.82) is 0 Å². The molecule has 0 fully saturated rings. The number of rotatable bonds is 7. The first-order valence-electron chi connectivity index (χ1n) is 7.66. The van der Waals surface area contributed by atoms with Gasteiger partial charge >= 0.3 is 0 Å². The van der Waals surface area contributed by atoms with Gasteiger partial charge in [0.15, 0.2) is 0 Å². The van der Waals surface area contributed by atoms with Crippen LogP contribution >= 0.6 is 11.3 Å². The lowest BCUT2D eigenvalue weighted by Crippen LogP contribution is -2.18. The Labute approximate surface area is 140 Å². The summed E-state index contributed by atoms with van der Waals surface area (Å²) < 4.78 is 14.3. The van der Waals surface area contributed by atoms with E-state index in [1.165, 1.54) is 15.9 Å². The topological polar surface area (TPSA) is 35.4 Å². The molecule has 1 N–H and O–H groups in total. The molecule has 0 bridgehead atoms. The molecule has 1 aromatic carbocycles. The van der Waals surface area contributed by atoms with Crippen LogP contribution < -0.4 is 14.8 Å². The summed E-state index contributed by atoms with van der Waals surface area (Å²) in [5, 5.41) is 5.65. The minimum Gasteiger partial charge on any atom is -0.497 e. The second-order valence-electron chi connectivity index (χ2n) is 5.47. The molecule has 0 radical (unpaired) electrons. The number of thiophene rings is 1. The lowest BCUT2D eigenvalue weighted by molar-refractivity contribution is 0.398. The van der Waals surface area contributed by atoms with Gasteiger partial charge in [-0.15, -0.1) is 11.3 Å². The van der Waals surface area contributed by atoms with Crippen LogP contribution in [0.5, 0.6) is 11.5 Å². The number of methoxy groups -OCH3 is 2. The summed E-state index contributed by atoms with van der Waals surface area (Å²) in [5.41, 5.74) is 3.78. The van der Waals surface area contributed by atoms with Gasteiger partial charge in [0.05, 0.1) is 24.4 Å². The molecule has 2 aromatic heterocycles. The van der Waals surface area contributed by atoms with Crippen LogP contribution in [0.1, 0.15) is 11.3 Å². The minimum absolute atomic E-state index is 0.864. The van der Waals surface area contributed by atoms with E-state index >= 15 is 0 Å². The highest BCUT2D eigenvalue weighted by atomic mass is 32.1. The highest BCUT2D eigenvalue weighted by Gasteiger charge is 2.07. The summed E-state index contributed by atoms with van der Waals surface area (Å²) >= 11 is 1.79. The van der Waals surface area contributed by atoms with E-state index in [1.807, 2.05) is 18.2 Å². The van der Waals surface area contributed by atoms with E-state index in [0.29, 0.717) is 0 Å². The van der Waals surface area contributed by atoms with Crippen molar-refractivity contribution in [3.05, 3.63) is 47.0 Å². The fourth-order valence-corrected chi connectivity index (χ4v) is 3.66. The first-order valence-corrected chi connectivity index (χ1v) is 8.54. The molecule has 0 amide bonds. The Bertz CT molecular complexity index is 792. The SMILES string of the molecule is COc1ccc(OC)c(CCNCc2cc3sccc3n2C)c1.